The molecule has 0 amide bonds. The zero-order chi connectivity index (χ0) is 25.8. The third kappa shape index (κ3) is 6.88. The molecule has 0 bridgehead atoms. The molecule has 0 saturated carbocycles. The van der Waals surface area contributed by atoms with Gasteiger partial charge in [-0.15, -0.1) is 0 Å². The fourth-order valence-electron chi connectivity index (χ4n) is 3.28. The van der Waals surface area contributed by atoms with Crippen molar-refractivity contribution in [2.45, 2.75) is 57.4 Å². The van der Waals surface area contributed by atoms with Crippen LogP contribution in [0.5, 0.6) is 5.75 Å². The Labute approximate surface area is 201 Å². The Bertz CT molecular complexity index is 1110. The van der Waals surface area contributed by atoms with E-state index in [-0.39, 0.29) is 17.7 Å². The maximum atomic E-state index is 13.6. The summed E-state index contributed by atoms with van der Waals surface area (Å²) in [7, 11) is -4.18. The lowest BCUT2D eigenvalue weighted by atomic mass is 10.1. The molecule has 13 nitrogen and oxygen atoms in total. The van der Waals surface area contributed by atoms with Crippen molar-refractivity contribution in [3.8, 4) is 5.75 Å². The SMILES string of the molecule is CC(C)OC(=O)[C@H](C)NP(=O)(OC[C@H]1O[C@@H](n2ccc(N)nc2=O)[C@H](N)[C@@H]1O)Oc1ccccc1. The Morgan fingerprint density at radius 3 is 2.60 bits per heavy atom. The van der Waals surface area contributed by atoms with Crippen LogP contribution in [0.1, 0.15) is 27.0 Å². The van der Waals surface area contributed by atoms with E-state index in [1.807, 2.05) is 0 Å². The fourth-order valence-corrected chi connectivity index (χ4v) is 4.78. The number of carbonyl (C=O) groups excluding carboxylic acids is 1. The van der Waals surface area contributed by atoms with Gasteiger partial charge in [0.2, 0.25) is 0 Å². The number of carbonyl (C=O) groups is 1. The Kier molecular flexibility index (Phi) is 8.65. The standard InChI is InChI=1S/C21H30N5O8P/c1-12(2)32-20(28)13(3)25-35(30,34-14-7-5-4-6-8-14)31-11-15-18(27)17(23)19(33-15)26-10-9-16(22)24-21(26)29/h4-10,12-13,15,17-19,27H,11,23H2,1-3H3,(H,25,30)(H2,22,24,29)/t13-,15+,17+,18+,19+,35?/m0/s1. The predicted molar refractivity (Wildman–Crippen MR) is 125 cm³/mol. The van der Waals surface area contributed by atoms with Crippen LogP contribution in [0.2, 0.25) is 0 Å². The number of esters is 1. The number of aliphatic hydroxyl groups is 1. The van der Waals surface area contributed by atoms with Gasteiger partial charge >= 0.3 is 19.4 Å². The molecule has 192 valence electrons. The van der Waals surface area contributed by atoms with E-state index in [1.165, 1.54) is 19.2 Å². The highest BCUT2D eigenvalue weighted by molar-refractivity contribution is 7.52. The molecule has 1 aromatic carbocycles. The van der Waals surface area contributed by atoms with E-state index in [0.29, 0.717) is 0 Å². The highest BCUT2D eigenvalue weighted by Gasteiger charge is 2.44. The van der Waals surface area contributed by atoms with E-state index in [4.69, 9.17) is 30.0 Å². The number of aliphatic hydroxyl groups excluding tert-OH is 1. The summed E-state index contributed by atoms with van der Waals surface area (Å²) in [5, 5.41) is 13.1. The first-order chi connectivity index (χ1) is 16.5. The van der Waals surface area contributed by atoms with Gasteiger partial charge in [-0.1, -0.05) is 18.2 Å². The number of benzene rings is 1. The molecule has 14 heteroatoms. The van der Waals surface area contributed by atoms with Crippen molar-refractivity contribution in [3.63, 3.8) is 0 Å². The van der Waals surface area contributed by atoms with Crippen molar-refractivity contribution in [1.29, 1.82) is 0 Å². The van der Waals surface area contributed by atoms with E-state index in [0.717, 1.165) is 4.57 Å². The number of hydrogen-bond acceptors (Lipinski definition) is 11. The molecule has 6 N–H and O–H groups in total. The molecule has 6 atom stereocenters. The first-order valence-corrected chi connectivity index (χ1v) is 12.4. The summed E-state index contributed by atoms with van der Waals surface area (Å²) in [6, 6.07) is 7.52. The molecule has 1 aromatic heterocycles. The molecule has 1 unspecified atom stereocenters. The smallest absolute Gasteiger partial charge is 0.459 e. The third-order valence-corrected chi connectivity index (χ3v) is 6.62. The summed E-state index contributed by atoms with van der Waals surface area (Å²) >= 11 is 0. The fraction of sp³-hybridized carbons (Fsp3) is 0.476. The van der Waals surface area contributed by atoms with Crippen LogP contribution in [0.4, 0.5) is 5.82 Å². The maximum absolute atomic E-state index is 13.6. The van der Waals surface area contributed by atoms with Crippen molar-refractivity contribution in [3.05, 3.63) is 53.1 Å². The number of nitrogens with two attached hydrogens (primary N) is 2. The van der Waals surface area contributed by atoms with Crippen LogP contribution in [0.3, 0.4) is 0 Å². The molecule has 2 aromatic rings. The lowest BCUT2D eigenvalue weighted by molar-refractivity contribution is -0.149. The molecule has 2 heterocycles. The van der Waals surface area contributed by atoms with Gasteiger partial charge in [0.15, 0.2) is 6.23 Å². The van der Waals surface area contributed by atoms with Crippen LogP contribution in [-0.4, -0.2) is 57.6 Å². The van der Waals surface area contributed by atoms with Gasteiger partial charge in [0.25, 0.3) is 0 Å². The number of anilines is 1. The molecule has 1 fully saturated rings. The number of aromatic nitrogens is 2. The van der Waals surface area contributed by atoms with Crippen molar-refractivity contribution < 1.29 is 33.0 Å². The summed E-state index contributed by atoms with van der Waals surface area (Å²) in [6.45, 7) is 4.37. The van der Waals surface area contributed by atoms with Crippen LogP contribution in [0.15, 0.2) is 47.4 Å². The minimum absolute atomic E-state index is 0.0217. The summed E-state index contributed by atoms with van der Waals surface area (Å²) in [5.74, 6) is -0.418. The van der Waals surface area contributed by atoms with Crippen LogP contribution in [0, 0.1) is 0 Å². The molecule has 1 aliphatic heterocycles. The van der Waals surface area contributed by atoms with Gasteiger partial charge in [0.1, 0.15) is 29.8 Å². The normalized spacial score (nSPS) is 24.6. The topological polar surface area (TPSA) is 190 Å². The Balaban J connectivity index is 1.75. The molecule has 35 heavy (non-hydrogen) atoms. The second-order valence-electron chi connectivity index (χ2n) is 8.21. The molecule has 3 rings (SSSR count). The van der Waals surface area contributed by atoms with Gasteiger partial charge < -0.3 is 30.6 Å². The van der Waals surface area contributed by atoms with Crippen LogP contribution < -0.4 is 26.8 Å². The lowest BCUT2D eigenvalue weighted by Crippen LogP contribution is -2.42. The number of hydrogen-bond donors (Lipinski definition) is 4. The number of nitrogens with zero attached hydrogens (tertiary/aromatic N) is 2. The molecule has 1 aliphatic rings. The molecular weight excluding hydrogens is 481 g/mol. The Hall–Kier alpha value is -2.80. The summed E-state index contributed by atoms with van der Waals surface area (Å²) in [6.07, 6.45) is -2.46. The maximum Gasteiger partial charge on any atom is 0.459 e. The quantitative estimate of drug-likeness (QED) is 0.256. The molecule has 0 radical (unpaired) electrons. The summed E-state index contributed by atoms with van der Waals surface area (Å²) < 4.78 is 36.6. The van der Waals surface area contributed by atoms with Crippen LogP contribution in [0.25, 0.3) is 0 Å². The second kappa shape index (κ2) is 11.3. The van der Waals surface area contributed by atoms with Gasteiger partial charge in [-0.25, -0.2) is 9.36 Å². The minimum Gasteiger partial charge on any atom is -0.462 e. The number of para-hydroxylation sites is 1. The largest absolute Gasteiger partial charge is 0.462 e. The van der Waals surface area contributed by atoms with E-state index >= 15 is 0 Å². The van der Waals surface area contributed by atoms with E-state index < -0.39 is 56.5 Å². The zero-order valence-corrected chi connectivity index (χ0v) is 20.4. The monoisotopic (exact) mass is 511 g/mol. The average Bonchev–Trinajstić information content (AvgIpc) is 3.06. The van der Waals surface area contributed by atoms with Crippen molar-refractivity contribution in [2.24, 2.45) is 5.73 Å². The highest BCUT2D eigenvalue weighted by atomic mass is 31.2. The van der Waals surface area contributed by atoms with Crippen molar-refractivity contribution in [1.82, 2.24) is 14.6 Å². The number of nitrogens with one attached hydrogen (secondary N) is 1. The Morgan fingerprint density at radius 2 is 1.97 bits per heavy atom. The summed E-state index contributed by atoms with van der Waals surface area (Å²) in [5.41, 5.74) is 10.9. The van der Waals surface area contributed by atoms with Gasteiger partial charge in [-0.05, 0) is 39.0 Å². The number of rotatable bonds is 10. The van der Waals surface area contributed by atoms with Gasteiger partial charge in [-0.2, -0.15) is 10.1 Å². The van der Waals surface area contributed by atoms with Crippen LogP contribution in [-0.2, 0) is 23.4 Å². The average molecular weight is 511 g/mol. The van der Waals surface area contributed by atoms with Gasteiger partial charge in [0.05, 0.1) is 18.8 Å². The molecule has 0 spiro atoms. The highest BCUT2D eigenvalue weighted by Crippen LogP contribution is 2.45. The van der Waals surface area contributed by atoms with E-state index in [2.05, 4.69) is 10.1 Å². The van der Waals surface area contributed by atoms with Gasteiger partial charge in [0, 0.05) is 6.20 Å². The molecule has 1 saturated heterocycles. The lowest BCUT2D eigenvalue weighted by Gasteiger charge is -2.25. The van der Waals surface area contributed by atoms with Crippen molar-refractivity contribution >= 4 is 19.5 Å². The first-order valence-electron chi connectivity index (χ1n) is 10.9. The Morgan fingerprint density at radius 1 is 1.29 bits per heavy atom. The van der Waals surface area contributed by atoms with Crippen molar-refractivity contribution in [2.75, 3.05) is 12.3 Å². The van der Waals surface area contributed by atoms with Gasteiger partial charge in [-0.3, -0.25) is 13.9 Å². The molecular formula is C21H30N5O8P. The predicted octanol–water partition coefficient (Wildman–Crippen LogP) is 0.545. The van der Waals surface area contributed by atoms with E-state index in [9.17, 15) is 19.3 Å². The summed E-state index contributed by atoms with van der Waals surface area (Å²) in [4.78, 5) is 28.0. The second-order valence-corrected chi connectivity index (χ2v) is 9.90. The number of nitrogen functional groups attached to an aromatic ring is 1. The molecule has 0 aliphatic carbocycles. The van der Waals surface area contributed by atoms with E-state index in [1.54, 1.807) is 44.2 Å². The number of ether oxygens (including phenoxy) is 2. The van der Waals surface area contributed by atoms with Crippen LogP contribution >= 0.6 is 7.75 Å². The third-order valence-electron chi connectivity index (χ3n) is 4.98. The first kappa shape index (κ1) is 26.8. The minimum atomic E-state index is -4.18. The zero-order valence-electron chi connectivity index (χ0n) is 19.5.